The van der Waals surface area contributed by atoms with Gasteiger partial charge in [-0.05, 0) is 72.9 Å². The summed E-state index contributed by atoms with van der Waals surface area (Å²) in [5, 5.41) is 12.5. The third-order valence-corrected chi connectivity index (χ3v) is 7.40. The van der Waals surface area contributed by atoms with Crippen LogP contribution in [-0.2, 0) is 21.4 Å². The minimum absolute atomic E-state index is 0.0814. The van der Waals surface area contributed by atoms with E-state index in [4.69, 9.17) is 21.1 Å². The predicted octanol–water partition coefficient (Wildman–Crippen LogP) is 4.91. The molecular weight excluding hydrogens is 535 g/mol. The Morgan fingerprint density at radius 2 is 2.00 bits per heavy atom. The molecular formula is C25H24ClFN6O4S. The molecule has 1 aliphatic heterocycles. The van der Waals surface area contributed by atoms with Gasteiger partial charge in [0, 0.05) is 29.6 Å². The fourth-order valence-electron chi connectivity index (χ4n) is 3.99. The molecule has 1 fully saturated rings. The summed E-state index contributed by atoms with van der Waals surface area (Å²) < 4.78 is 54.6. The number of aromatic nitrogens is 5. The molecule has 0 aliphatic carbocycles. The van der Waals surface area contributed by atoms with Crippen LogP contribution >= 0.6 is 11.6 Å². The van der Waals surface area contributed by atoms with Crippen molar-refractivity contribution in [1.82, 2.24) is 25.2 Å². The van der Waals surface area contributed by atoms with E-state index in [9.17, 15) is 12.8 Å². The molecule has 1 saturated heterocycles. The molecule has 5 rings (SSSR count). The predicted molar refractivity (Wildman–Crippen MR) is 138 cm³/mol. The van der Waals surface area contributed by atoms with Crippen LogP contribution in [0.15, 0.2) is 59.8 Å². The maximum Gasteiger partial charge on any atom is 0.263 e. The third kappa shape index (κ3) is 5.93. The lowest BCUT2D eigenvalue weighted by atomic mass is 10.0. The third-order valence-electron chi connectivity index (χ3n) is 5.87. The molecule has 0 spiro atoms. The number of nitrogens with zero attached hydrogens (tertiary/aromatic N) is 5. The molecule has 1 atom stereocenters. The van der Waals surface area contributed by atoms with Gasteiger partial charge in [0.05, 0.1) is 5.69 Å². The maximum absolute atomic E-state index is 15.0. The summed E-state index contributed by atoms with van der Waals surface area (Å²) in [7, 11) is -4.11. The van der Waals surface area contributed by atoms with Crippen molar-refractivity contribution < 1.29 is 22.3 Å². The van der Waals surface area contributed by atoms with Gasteiger partial charge in [0.1, 0.15) is 16.5 Å². The maximum atomic E-state index is 15.0. The number of aryl methyl sites for hydroxylation is 1. The number of rotatable bonds is 8. The van der Waals surface area contributed by atoms with Crippen LogP contribution in [-0.4, -0.2) is 40.2 Å². The highest BCUT2D eigenvalue weighted by Crippen LogP contribution is 2.35. The Balaban J connectivity index is 1.33. The fraction of sp³-hybridized carbons (Fsp3) is 0.280. The highest BCUT2D eigenvalue weighted by atomic mass is 35.5. The molecule has 0 saturated carbocycles. The summed E-state index contributed by atoms with van der Waals surface area (Å²) in [5.41, 5.74) is 1.22. The van der Waals surface area contributed by atoms with Crippen molar-refractivity contribution in [2.24, 2.45) is 0 Å². The van der Waals surface area contributed by atoms with Crippen LogP contribution in [0.5, 0.6) is 5.75 Å². The summed E-state index contributed by atoms with van der Waals surface area (Å²) in [6, 6.07) is 10.7. The summed E-state index contributed by atoms with van der Waals surface area (Å²) in [5.74, 6) is 0.102. The Morgan fingerprint density at radius 1 is 1.18 bits per heavy atom. The first-order chi connectivity index (χ1) is 18.3. The molecule has 0 radical (unpaired) electrons. The van der Waals surface area contributed by atoms with Crippen molar-refractivity contribution in [2.45, 2.75) is 43.9 Å². The number of benzene rings is 2. The summed E-state index contributed by atoms with van der Waals surface area (Å²) in [6.07, 6.45) is 5.42. The first-order valence-corrected chi connectivity index (χ1v) is 13.7. The number of halogens is 2. The molecule has 1 aliphatic rings. The number of hydrogen-bond acceptors (Lipinski definition) is 8. The normalized spacial score (nSPS) is 15.8. The number of hydrogen-bond donors (Lipinski definition) is 1. The lowest BCUT2D eigenvalue weighted by molar-refractivity contribution is -0.0491. The van der Waals surface area contributed by atoms with Gasteiger partial charge in [0.2, 0.25) is 5.82 Å². The van der Waals surface area contributed by atoms with E-state index in [2.05, 4.69) is 25.1 Å². The molecule has 198 valence electrons. The highest BCUT2D eigenvalue weighted by Gasteiger charge is 2.22. The van der Waals surface area contributed by atoms with Crippen molar-refractivity contribution in [3.63, 3.8) is 0 Å². The second kappa shape index (κ2) is 11.0. The van der Waals surface area contributed by atoms with Gasteiger partial charge in [-0.3, -0.25) is 9.71 Å². The SMILES string of the molecule is Cc1cncc(S(=O)(=O)Nc2c(F)cc(Cl)cc2-c2ccc(OCc3nnn(C4CCCCO4)n3)cc2)c1. The second-order valence-corrected chi connectivity index (χ2v) is 10.9. The zero-order valence-corrected chi connectivity index (χ0v) is 21.9. The molecule has 3 heterocycles. The molecule has 0 bridgehead atoms. The summed E-state index contributed by atoms with van der Waals surface area (Å²) in [6.45, 7) is 2.48. The molecule has 0 amide bonds. The van der Waals surface area contributed by atoms with E-state index in [0.29, 0.717) is 29.3 Å². The molecule has 2 aromatic heterocycles. The fourth-order valence-corrected chi connectivity index (χ4v) is 5.33. The lowest BCUT2D eigenvalue weighted by Gasteiger charge is -2.20. The molecule has 38 heavy (non-hydrogen) atoms. The molecule has 1 unspecified atom stereocenters. The van der Waals surface area contributed by atoms with Gasteiger partial charge in [-0.1, -0.05) is 23.7 Å². The van der Waals surface area contributed by atoms with Crippen LogP contribution in [0, 0.1) is 12.7 Å². The zero-order valence-electron chi connectivity index (χ0n) is 20.3. The zero-order chi connectivity index (χ0) is 26.7. The van der Waals surface area contributed by atoms with Crippen LogP contribution in [0.25, 0.3) is 11.1 Å². The van der Waals surface area contributed by atoms with Crippen LogP contribution in [0.4, 0.5) is 10.1 Å². The van der Waals surface area contributed by atoms with Crippen molar-refractivity contribution in [1.29, 1.82) is 0 Å². The van der Waals surface area contributed by atoms with E-state index in [1.807, 2.05) is 0 Å². The Kier molecular flexibility index (Phi) is 7.54. The topological polar surface area (TPSA) is 121 Å². The molecule has 13 heteroatoms. The number of tetrazole rings is 1. The molecule has 1 N–H and O–H groups in total. The minimum atomic E-state index is -4.11. The van der Waals surface area contributed by atoms with Crippen molar-refractivity contribution >= 4 is 27.3 Å². The van der Waals surface area contributed by atoms with Crippen LogP contribution in [0.1, 0.15) is 36.9 Å². The second-order valence-electron chi connectivity index (χ2n) is 8.77. The summed E-state index contributed by atoms with van der Waals surface area (Å²) in [4.78, 5) is 5.30. The van der Waals surface area contributed by atoms with E-state index in [1.54, 1.807) is 31.2 Å². The summed E-state index contributed by atoms with van der Waals surface area (Å²) >= 11 is 6.11. The Labute approximate surface area is 223 Å². The Hall–Kier alpha value is -3.61. The smallest absolute Gasteiger partial charge is 0.263 e. The van der Waals surface area contributed by atoms with E-state index < -0.39 is 15.8 Å². The van der Waals surface area contributed by atoms with Gasteiger partial charge in [0.25, 0.3) is 10.0 Å². The van der Waals surface area contributed by atoms with Gasteiger partial charge in [-0.2, -0.15) is 0 Å². The molecule has 2 aromatic carbocycles. The number of anilines is 1. The molecule has 4 aromatic rings. The van der Waals surface area contributed by atoms with Crippen LogP contribution in [0.3, 0.4) is 0 Å². The van der Waals surface area contributed by atoms with E-state index in [0.717, 1.165) is 25.3 Å². The van der Waals surface area contributed by atoms with Gasteiger partial charge < -0.3 is 9.47 Å². The largest absolute Gasteiger partial charge is 0.485 e. The minimum Gasteiger partial charge on any atom is -0.485 e. The first kappa shape index (κ1) is 26.0. The monoisotopic (exact) mass is 558 g/mol. The lowest BCUT2D eigenvalue weighted by Crippen LogP contribution is -2.20. The van der Waals surface area contributed by atoms with Crippen molar-refractivity contribution in [3.05, 3.63) is 77.1 Å². The highest BCUT2D eigenvalue weighted by molar-refractivity contribution is 7.92. The first-order valence-electron chi connectivity index (χ1n) is 11.9. The van der Waals surface area contributed by atoms with Crippen LogP contribution in [0.2, 0.25) is 5.02 Å². The number of nitrogens with one attached hydrogen (secondary N) is 1. The van der Waals surface area contributed by atoms with Crippen molar-refractivity contribution in [2.75, 3.05) is 11.3 Å². The standard InChI is InChI=1S/C25H24ClFN6O4S/c1-16-10-20(14-28-13-16)38(34,35)31-25-21(11-18(26)12-22(25)27)17-5-7-19(8-6-17)37-15-23-29-32-33(30-23)24-4-2-3-9-36-24/h5-8,10-14,24,31H,2-4,9,15H2,1H3. The van der Waals surface area contributed by atoms with E-state index in [1.165, 1.54) is 29.3 Å². The Bertz CT molecular complexity index is 1540. The Morgan fingerprint density at radius 3 is 2.74 bits per heavy atom. The average molecular weight is 559 g/mol. The van der Waals surface area contributed by atoms with Crippen molar-refractivity contribution in [3.8, 4) is 16.9 Å². The quantitative estimate of drug-likeness (QED) is 0.323. The van der Waals surface area contributed by atoms with Gasteiger partial charge in [0.15, 0.2) is 12.8 Å². The van der Waals surface area contributed by atoms with Gasteiger partial charge in [-0.25, -0.2) is 12.8 Å². The number of pyridine rings is 1. The number of ether oxygens (including phenoxy) is 2. The van der Waals surface area contributed by atoms with E-state index in [-0.39, 0.29) is 34.0 Å². The molecule has 10 nitrogen and oxygen atoms in total. The van der Waals surface area contributed by atoms with Crippen LogP contribution < -0.4 is 9.46 Å². The average Bonchev–Trinajstić information content (AvgIpc) is 3.39. The van der Waals surface area contributed by atoms with Gasteiger partial charge in [-0.15, -0.1) is 15.0 Å². The van der Waals surface area contributed by atoms with E-state index >= 15 is 0 Å². The van der Waals surface area contributed by atoms with Gasteiger partial charge >= 0.3 is 0 Å². The number of sulfonamides is 1.